The van der Waals surface area contributed by atoms with Crippen molar-refractivity contribution in [2.24, 2.45) is 0 Å². The molecule has 3 aromatic heterocycles. The van der Waals surface area contributed by atoms with Crippen molar-refractivity contribution < 1.29 is 16.9 Å². The lowest BCUT2D eigenvalue weighted by Gasteiger charge is -2.11. The molecule has 7 heteroatoms. The molecule has 0 saturated heterocycles. The van der Waals surface area contributed by atoms with E-state index in [1.807, 2.05) is 85.1 Å². The normalized spacial score (nSPS) is 11.5. The van der Waals surface area contributed by atoms with Gasteiger partial charge in [-0.25, -0.2) is 0 Å². The SMILES string of the molecule is c1cc2c3c(c1)ccc[n+]3CO2.c1cnc2c([O][Al][O]c3cccc4cccnc34)cccc2c1. The van der Waals surface area contributed by atoms with Crippen molar-refractivity contribution in [3.63, 3.8) is 0 Å². The molecule has 0 aliphatic carbocycles. The first-order valence-corrected chi connectivity index (χ1v) is 12.2. The third-order valence-electron chi connectivity index (χ3n) is 5.76. The zero-order valence-corrected chi connectivity index (χ0v) is 19.9. The van der Waals surface area contributed by atoms with E-state index in [4.69, 9.17) is 12.3 Å². The number of hydrogen-bond acceptors (Lipinski definition) is 5. The molecule has 3 aromatic carbocycles. The summed E-state index contributed by atoms with van der Waals surface area (Å²) in [4.78, 5) is 8.75. The van der Waals surface area contributed by atoms with Crippen LogP contribution in [-0.2, 0) is 6.73 Å². The van der Waals surface area contributed by atoms with Gasteiger partial charge >= 0.3 is 15.9 Å². The van der Waals surface area contributed by atoms with Crippen molar-refractivity contribution in [3.8, 4) is 17.2 Å². The Morgan fingerprint density at radius 1 is 0.657 bits per heavy atom. The molecule has 0 atom stereocenters. The number of fused-ring (bicyclic) bond motifs is 2. The van der Waals surface area contributed by atoms with E-state index in [1.54, 1.807) is 12.4 Å². The summed E-state index contributed by atoms with van der Waals surface area (Å²) in [6.45, 7) is 0.649. The van der Waals surface area contributed by atoms with Gasteiger partial charge < -0.3 is 12.3 Å². The van der Waals surface area contributed by atoms with Gasteiger partial charge in [0.15, 0.2) is 11.9 Å². The lowest BCUT2D eigenvalue weighted by molar-refractivity contribution is -0.688. The fourth-order valence-electron chi connectivity index (χ4n) is 4.14. The summed E-state index contributed by atoms with van der Waals surface area (Å²) in [6, 6.07) is 29.9. The summed E-state index contributed by atoms with van der Waals surface area (Å²) >= 11 is -0.704. The third kappa shape index (κ3) is 4.35. The minimum absolute atomic E-state index is 0.649. The lowest BCUT2D eigenvalue weighted by Crippen LogP contribution is -2.31. The van der Waals surface area contributed by atoms with Crippen LogP contribution in [0.5, 0.6) is 17.2 Å². The van der Waals surface area contributed by atoms with Gasteiger partial charge in [0.2, 0.25) is 0 Å². The van der Waals surface area contributed by atoms with Crippen LogP contribution in [0.2, 0.25) is 0 Å². The molecule has 0 bridgehead atoms. The molecule has 4 heterocycles. The Hall–Kier alpha value is -4.18. The van der Waals surface area contributed by atoms with Crippen LogP contribution >= 0.6 is 0 Å². The summed E-state index contributed by atoms with van der Waals surface area (Å²) in [5, 5.41) is 3.35. The fraction of sp³-hybridized carbons (Fsp3) is 0.0357. The number of aromatic nitrogens is 3. The maximum atomic E-state index is 5.84. The van der Waals surface area contributed by atoms with Crippen molar-refractivity contribution in [1.82, 2.24) is 9.97 Å². The van der Waals surface area contributed by atoms with Crippen molar-refractivity contribution in [1.29, 1.82) is 0 Å². The first kappa shape index (κ1) is 21.4. The van der Waals surface area contributed by atoms with Crippen molar-refractivity contribution >= 4 is 48.6 Å². The fourth-order valence-corrected chi connectivity index (χ4v) is 4.78. The molecule has 1 aliphatic heterocycles. The highest BCUT2D eigenvalue weighted by Crippen LogP contribution is 2.26. The van der Waals surface area contributed by atoms with Gasteiger partial charge in [0, 0.05) is 29.2 Å². The monoisotopic (exact) mass is 473 g/mol. The molecule has 0 saturated carbocycles. The second-order valence-corrected chi connectivity index (χ2v) is 8.60. The van der Waals surface area contributed by atoms with Crippen molar-refractivity contribution in [2.75, 3.05) is 0 Å². The lowest BCUT2D eigenvalue weighted by atomic mass is 10.2. The first-order chi connectivity index (χ1) is 17.4. The first-order valence-electron chi connectivity index (χ1n) is 11.2. The van der Waals surface area contributed by atoms with Crippen LogP contribution in [0, 0.1) is 0 Å². The standard InChI is InChI=1S/C10H8NO.2C9H7NO.Al/c1-3-8-4-2-6-11-7-12-9(5-1)10(8)11;2*11-8-5-1-3-7-4-2-6-10-9(7)8;/h1-6H,7H2;2*1-6,11H;/q+1;;;+2/p-2. The predicted octanol–water partition coefficient (Wildman–Crippen LogP) is 5.25. The second-order valence-electron chi connectivity index (χ2n) is 7.94. The summed E-state index contributed by atoms with van der Waals surface area (Å²) in [5.41, 5.74) is 2.91. The number of hydrogen-bond donors (Lipinski definition) is 0. The topological polar surface area (TPSA) is 57.4 Å². The van der Waals surface area contributed by atoms with E-state index < -0.39 is 15.9 Å². The van der Waals surface area contributed by atoms with Crippen LogP contribution in [0.3, 0.4) is 0 Å². The van der Waals surface area contributed by atoms with Gasteiger partial charge in [0.25, 0.3) is 12.2 Å². The number of benzene rings is 3. The predicted molar refractivity (Wildman–Crippen MR) is 135 cm³/mol. The van der Waals surface area contributed by atoms with Crippen molar-refractivity contribution in [2.45, 2.75) is 6.73 Å². The Morgan fingerprint density at radius 2 is 1.23 bits per heavy atom. The molecule has 0 N–H and O–H groups in total. The molecule has 7 rings (SSSR count). The maximum Gasteiger partial charge on any atom is 0.882 e. The highest BCUT2D eigenvalue weighted by atomic mass is 27.2. The highest BCUT2D eigenvalue weighted by Gasteiger charge is 2.21. The zero-order chi connectivity index (χ0) is 23.5. The van der Waals surface area contributed by atoms with Crippen LogP contribution in [0.1, 0.15) is 0 Å². The second kappa shape index (κ2) is 9.59. The van der Waals surface area contributed by atoms with E-state index in [0.717, 1.165) is 39.1 Å². The number of pyridine rings is 3. The van der Waals surface area contributed by atoms with Gasteiger partial charge in [-0.3, -0.25) is 9.97 Å². The van der Waals surface area contributed by atoms with Gasteiger partial charge in [0.1, 0.15) is 22.5 Å². The molecule has 0 unspecified atom stereocenters. The van der Waals surface area contributed by atoms with E-state index >= 15 is 0 Å². The van der Waals surface area contributed by atoms with E-state index in [1.165, 1.54) is 10.9 Å². The smallest absolute Gasteiger partial charge is 0.614 e. The summed E-state index contributed by atoms with van der Waals surface area (Å²) in [7, 11) is 0. The van der Waals surface area contributed by atoms with Crippen molar-refractivity contribution in [3.05, 3.63) is 110 Å². The summed E-state index contributed by atoms with van der Waals surface area (Å²) < 4.78 is 19.3. The molecule has 1 aliphatic rings. The molecule has 0 spiro atoms. The van der Waals surface area contributed by atoms with E-state index in [9.17, 15) is 0 Å². The average molecular weight is 473 g/mol. The zero-order valence-electron chi connectivity index (χ0n) is 18.7. The van der Waals surface area contributed by atoms with Gasteiger partial charge in [-0.15, -0.1) is 0 Å². The van der Waals surface area contributed by atoms with E-state index in [2.05, 4.69) is 26.7 Å². The maximum absolute atomic E-state index is 5.84. The molecular weight excluding hydrogens is 453 g/mol. The van der Waals surface area contributed by atoms with E-state index in [-0.39, 0.29) is 0 Å². The van der Waals surface area contributed by atoms with Crippen LogP contribution in [0.4, 0.5) is 0 Å². The number of ether oxygens (including phenoxy) is 1. The van der Waals surface area contributed by atoms with Gasteiger partial charge in [0.05, 0.1) is 5.39 Å². The Kier molecular flexibility index (Phi) is 5.85. The largest absolute Gasteiger partial charge is 0.882 e. The molecule has 35 heavy (non-hydrogen) atoms. The Morgan fingerprint density at radius 3 is 1.91 bits per heavy atom. The summed E-state index contributed by atoms with van der Waals surface area (Å²) in [6.07, 6.45) is 5.57. The van der Waals surface area contributed by atoms with E-state index in [0.29, 0.717) is 6.73 Å². The van der Waals surface area contributed by atoms with Gasteiger partial charge in [-0.05, 0) is 42.5 Å². The molecule has 0 amide bonds. The molecule has 1 radical (unpaired) electrons. The molecule has 6 aromatic rings. The average Bonchev–Trinajstić information content (AvgIpc) is 3.35. The summed E-state index contributed by atoms with van der Waals surface area (Å²) in [5.74, 6) is 2.48. The minimum atomic E-state index is -0.704. The van der Waals surface area contributed by atoms with Crippen LogP contribution < -0.4 is 16.9 Å². The number of nitrogens with zero attached hydrogens (tertiary/aromatic N) is 3. The Bertz CT molecular complexity index is 1530. The van der Waals surface area contributed by atoms with Crippen LogP contribution in [-0.4, -0.2) is 25.9 Å². The molecule has 167 valence electrons. The van der Waals surface area contributed by atoms with Gasteiger partial charge in [-0.1, -0.05) is 42.5 Å². The number of para-hydroxylation sites is 3. The Labute approximate surface area is 208 Å². The quantitative estimate of drug-likeness (QED) is 0.259. The molecule has 6 nitrogen and oxygen atoms in total. The van der Waals surface area contributed by atoms with Gasteiger partial charge in [-0.2, -0.15) is 4.57 Å². The Balaban J connectivity index is 0.000000159. The molecular formula is C28H20AlN3O3+. The number of rotatable bonds is 4. The highest BCUT2D eigenvalue weighted by molar-refractivity contribution is 6.21. The third-order valence-corrected chi connectivity index (χ3v) is 6.46. The molecule has 0 fully saturated rings. The van der Waals surface area contributed by atoms with Crippen LogP contribution in [0.15, 0.2) is 110 Å². The van der Waals surface area contributed by atoms with Crippen LogP contribution in [0.25, 0.3) is 32.7 Å². The minimum Gasteiger partial charge on any atom is -0.614 e.